The Bertz CT molecular complexity index is 1100. The number of Topliss-reactive ketones (excluding diaryl/α,β-unsaturated/α-hetero) is 1. The second kappa shape index (κ2) is 15.4. The zero-order valence-electron chi connectivity index (χ0n) is 22.1. The molecular weight excluding hydrogens is 444 g/mol. The van der Waals surface area contributed by atoms with Gasteiger partial charge in [-0.1, -0.05) is 120 Å². The Morgan fingerprint density at radius 3 is 1.86 bits per heavy atom. The van der Waals surface area contributed by atoms with Crippen LogP contribution in [0.3, 0.4) is 0 Å². The standard InChI is InChI=1S/C33H44O3/c1-2-3-4-11-17-26(18-12-9-7-5-6-8-10-13-23-32(34)35)33(36)30-22-16-21-29-24-27-19-14-15-20-28(27)25-31(29)30/h14-16,19-22,24-26H,2-13,17-18,23H2,1H3,(H,34,35). The summed E-state index contributed by atoms with van der Waals surface area (Å²) in [6.45, 7) is 2.23. The summed E-state index contributed by atoms with van der Waals surface area (Å²) >= 11 is 0. The van der Waals surface area contributed by atoms with Crippen molar-refractivity contribution in [3.8, 4) is 0 Å². The summed E-state index contributed by atoms with van der Waals surface area (Å²) in [6, 6.07) is 19.0. The minimum atomic E-state index is -0.689. The van der Waals surface area contributed by atoms with E-state index in [0.29, 0.717) is 12.2 Å². The van der Waals surface area contributed by atoms with E-state index in [-0.39, 0.29) is 5.92 Å². The number of carboxylic acids is 1. The molecule has 0 spiro atoms. The van der Waals surface area contributed by atoms with Crippen LogP contribution in [0.5, 0.6) is 0 Å². The number of aliphatic carboxylic acids is 1. The van der Waals surface area contributed by atoms with Crippen molar-refractivity contribution in [2.24, 2.45) is 5.92 Å². The Morgan fingerprint density at radius 1 is 0.667 bits per heavy atom. The highest BCUT2D eigenvalue weighted by Gasteiger charge is 2.21. The first-order valence-corrected chi connectivity index (χ1v) is 14.3. The van der Waals surface area contributed by atoms with E-state index in [4.69, 9.17) is 5.11 Å². The fourth-order valence-electron chi connectivity index (χ4n) is 5.35. The normalized spacial score (nSPS) is 12.2. The topological polar surface area (TPSA) is 54.4 Å². The third kappa shape index (κ3) is 8.76. The molecule has 0 amide bonds. The van der Waals surface area contributed by atoms with Crippen LogP contribution in [0.15, 0.2) is 54.6 Å². The van der Waals surface area contributed by atoms with E-state index in [2.05, 4.69) is 49.4 Å². The van der Waals surface area contributed by atoms with E-state index in [1.807, 2.05) is 12.1 Å². The molecule has 0 aromatic heterocycles. The first-order chi connectivity index (χ1) is 17.6. The molecule has 3 rings (SSSR count). The fraction of sp³-hybridized carbons (Fsp3) is 0.515. The SMILES string of the molecule is CCCCCCC(CCCCCCCCCCC(=O)O)C(=O)c1cccc2cc3ccccc3cc12. The Kier molecular flexibility index (Phi) is 12.0. The summed E-state index contributed by atoms with van der Waals surface area (Å²) in [5.74, 6) is -0.258. The molecule has 0 radical (unpaired) electrons. The van der Waals surface area contributed by atoms with Gasteiger partial charge in [-0.05, 0) is 52.9 Å². The molecule has 0 fully saturated rings. The maximum atomic E-state index is 13.8. The number of unbranched alkanes of at least 4 members (excludes halogenated alkanes) is 10. The van der Waals surface area contributed by atoms with Gasteiger partial charge in [0.15, 0.2) is 5.78 Å². The first kappa shape index (κ1) is 27.9. The van der Waals surface area contributed by atoms with Crippen LogP contribution >= 0.6 is 0 Å². The zero-order chi connectivity index (χ0) is 25.6. The number of ketones is 1. The highest BCUT2D eigenvalue weighted by molar-refractivity contribution is 6.12. The fourth-order valence-corrected chi connectivity index (χ4v) is 5.35. The Labute approximate surface area is 217 Å². The third-order valence-electron chi connectivity index (χ3n) is 7.48. The second-order valence-electron chi connectivity index (χ2n) is 10.4. The lowest BCUT2D eigenvalue weighted by Gasteiger charge is -2.18. The van der Waals surface area contributed by atoms with Gasteiger partial charge >= 0.3 is 5.97 Å². The van der Waals surface area contributed by atoms with E-state index < -0.39 is 5.97 Å². The molecule has 0 aliphatic carbocycles. The third-order valence-corrected chi connectivity index (χ3v) is 7.48. The zero-order valence-corrected chi connectivity index (χ0v) is 22.1. The number of hydrogen-bond acceptors (Lipinski definition) is 2. The lowest BCUT2D eigenvalue weighted by atomic mass is 9.85. The molecule has 36 heavy (non-hydrogen) atoms. The number of hydrogen-bond donors (Lipinski definition) is 1. The average Bonchev–Trinajstić information content (AvgIpc) is 2.88. The molecule has 0 saturated carbocycles. The van der Waals surface area contributed by atoms with Gasteiger partial charge in [-0.2, -0.15) is 0 Å². The molecule has 0 aliphatic heterocycles. The van der Waals surface area contributed by atoms with Gasteiger partial charge in [-0.3, -0.25) is 9.59 Å². The van der Waals surface area contributed by atoms with Gasteiger partial charge in [-0.25, -0.2) is 0 Å². The smallest absolute Gasteiger partial charge is 0.303 e. The molecule has 0 bridgehead atoms. The highest BCUT2D eigenvalue weighted by atomic mass is 16.4. The molecule has 1 unspecified atom stereocenters. The molecule has 1 atom stereocenters. The maximum Gasteiger partial charge on any atom is 0.303 e. The van der Waals surface area contributed by atoms with Crippen molar-refractivity contribution in [3.05, 3.63) is 60.2 Å². The maximum absolute atomic E-state index is 13.8. The summed E-state index contributed by atoms with van der Waals surface area (Å²) in [7, 11) is 0. The predicted octanol–water partition coefficient (Wildman–Crippen LogP) is 9.75. The number of carbonyl (C=O) groups is 2. The van der Waals surface area contributed by atoms with Crippen molar-refractivity contribution < 1.29 is 14.7 Å². The van der Waals surface area contributed by atoms with Crippen LogP contribution in [0.1, 0.15) is 114 Å². The minimum absolute atomic E-state index is 0.106. The predicted molar refractivity (Wildman–Crippen MR) is 152 cm³/mol. The summed E-state index contributed by atoms with van der Waals surface area (Å²) in [4.78, 5) is 24.4. The van der Waals surface area contributed by atoms with E-state index in [1.54, 1.807) is 0 Å². The molecular formula is C33H44O3. The van der Waals surface area contributed by atoms with Crippen molar-refractivity contribution in [1.82, 2.24) is 0 Å². The van der Waals surface area contributed by atoms with Crippen LogP contribution in [-0.4, -0.2) is 16.9 Å². The van der Waals surface area contributed by atoms with Crippen molar-refractivity contribution in [1.29, 1.82) is 0 Å². The molecule has 0 heterocycles. The van der Waals surface area contributed by atoms with Gasteiger partial charge in [0.25, 0.3) is 0 Å². The molecule has 3 aromatic carbocycles. The molecule has 3 heteroatoms. The largest absolute Gasteiger partial charge is 0.481 e. The summed E-state index contributed by atoms with van der Waals surface area (Å²) in [6.07, 6.45) is 15.9. The van der Waals surface area contributed by atoms with Crippen molar-refractivity contribution in [3.63, 3.8) is 0 Å². The number of carboxylic acid groups (broad SMARTS) is 1. The number of carbonyl (C=O) groups excluding carboxylic acids is 1. The lowest BCUT2D eigenvalue weighted by Crippen LogP contribution is -2.15. The van der Waals surface area contributed by atoms with E-state index in [9.17, 15) is 9.59 Å². The second-order valence-corrected chi connectivity index (χ2v) is 10.4. The van der Waals surface area contributed by atoms with Gasteiger partial charge in [0, 0.05) is 17.9 Å². The molecule has 1 N–H and O–H groups in total. The molecule has 194 valence electrons. The molecule has 0 saturated heterocycles. The van der Waals surface area contributed by atoms with Crippen LogP contribution < -0.4 is 0 Å². The minimum Gasteiger partial charge on any atom is -0.481 e. The van der Waals surface area contributed by atoms with Gasteiger partial charge < -0.3 is 5.11 Å². The van der Waals surface area contributed by atoms with Crippen LogP contribution in [0.2, 0.25) is 0 Å². The Balaban J connectivity index is 1.57. The van der Waals surface area contributed by atoms with Crippen LogP contribution in [0, 0.1) is 5.92 Å². The quantitative estimate of drug-likeness (QED) is 0.110. The monoisotopic (exact) mass is 488 g/mol. The van der Waals surface area contributed by atoms with Gasteiger partial charge in [-0.15, -0.1) is 0 Å². The summed E-state index contributed by atoms with van der Waals surface area (Å²) in [5, 5.41) is 13.4. The molecule has 3 aromatic rings. The number of fused-ring (bicyclic) bond motifs is 2. The summed E-state index contributed by atoms with van der Waals surface area (Å²) < 4.78 is 0. The molecule has 3 nitrogen and oxygen atoms in total. The van der Waals surface area contributed by atoms with Crippen molar-refractivity contribution >= 4 is 33.3 Å². The molecule has 0 aliphatic rings. The lowest BCUT2D eigenvalue weighted by molar-refractivity contribution is -0.137. The van der Waals surface area contributed by atoms with Crippen molar-refractivity contribution in [2.45, 2.75) is 103 Å². The van der Waals surface area contributed by atoms with Gasteiger partial charge in [0.1, 0.15) is 0 Å². The average molecular weight is 489 g/mol. The van der Waals surface area contributed by atoms with Gasteiger partial charge in [0.05, 0.1) is 0 Å². The van der Waals surface area contributed by atoms with E-state index in [0.717, 1.165) is 61.3 Å². The number of rotatable bonds is 18. The van der Waals surface area contributed by atoms with Crippen LogP contribution in [0.4, 0.5) is 0 Å². The number of benzene rings is 3. The van der Waals surface area contributed by atoms with Crippen molar-refractivity contribution in [2.75, 3.05) is 0 Å². The summed E-state index contributed by atoms with van der Waals surface area (Å²) in [5.41, 5.74) is 0.889. The Morgan fingerprint density at radius 2 is 1.22 bits per heavy atom. The first-order valence-electron chi connectivity index (χ1n) is 14.3. The van der Waals surface area contributed by atoms with E-state index in [1.165, 1.54) is 55.7 Å². The Hall–Kier alpha value is -2.68. The highest BCUT2D eigenvalue weighted by Crippen LogP contribution is 2.30. The van der Waals surface area contributed by atoms with Crippen LogP contribution in [-0.2, 0) is 4.79 Å². The van der Waals surface area contributed by atoms with Crippen LogP contribution in [0.25, 0.3) is 21.5 Å². The van der Waals surface area contributed by atoms with E-state index >= 15 is 0 Å². The van der Waals surface area contributed by atoms with Gasteiger partial charge in [0.2, 0.25) is 0 Å².